The van der Waals surface area contributed by atoms with Crippen LogP contribution >= 0.6 is 11.6 Å². The summed E-state index contributed by atoms with van der Waals surface area (Å²) in [5, 5.41) is 3.81. The molecule has 0 amide bonds. The molecule has 1 fully saturated rings. The summed E-state index contributed by atoms with van der Waals surface area (Å²) < 4.78 is 0. The fourth-order valence-electron chi connectivity index (χ4n) is 1.32. The van der Waals surface area contributed by atoms with E-state index >= 15 is 0 Å². The maximum atomic E-state index is 5.80. The second-order valence-corrected chi connectivity index (χ2v) is 3.97. The monoisotopic (exact) mass is 197 g/mol. The number of nitrogens with one attached hydrogen (secondary N) is 1. The minimum atomic E-state index is 0.503. The Morgan fingerprint density at radius 1 is 1.54 bits per heavy atom. The number of anilines is 1. The summed E-state index contributed by atoms with van der Waals surface area (Å²) in [6, 6.07) is 2.34. The molecular weight excluding hydrogens is 186 g/mol. The van der Waals surface area contributed by atoms with Gasteiger partial charge in [0.15, 0.2) is 0 Å². The molecular formula is C9H12ClN3. The third kappa shape index (κ3) is 2.10. The van der Waals surface area contributed by atoms with Gasteiger partial charge < -0.3 is 5.32 Å². The molecule has 13 heavy (non-hydrogen) atoms. The normalized spacial score (nSPS) is 25.8. The SMILES string of the molecule is Cc1nc(Cl)cc(N[C@@H]2C[C@H]2C)n1. The highest BCUT2D eigenvalue weighted by molar-refractivity contribution is 6.29. The number of halogens is 1. The van der Waals surface area contributed by atoms with Crippen molar-refractivity contribution >= 4 is 17.4 Å². The zero-order chi connectivity index (χ0) is 9.42. The molecule has 1 N–H and O–H groups in total. The summed E-state index contributed by atoms with van der Waals surface area (Å²) >= 11 is 5.80. The first-order valence-corrected chi connectivity index (χ1v) is 4.80. The van der Waals surface area contributed by atoms with Crippen LogP contribution in [0.15, 0.2) is 6.07 Å². The van der Waals surface area contributed by atoms with Gasteiger partial charge in [0.05, 0.1) is 0 Å². The van der Waals surface area contributed by atoms with E-state index in [1.165, 1.54) is 6.42 Å². The van der Waals surface area contributed by atoms with Crippen molar-refractivity contribution in [3.05, 3.63) is 17.0 Å². The van der Waals surface area contributed by atoms with E-state index in [4.69, 9.17) is 11.6 Å². The van der Waals surface area contributed by atoms with E-state index in [1.807, 2.05) is 6.92 Å². The Balaban J connectivity index is 2.11. The lowest BCUT2D eigenvalue weighted by atomic mass is 10.4. The van der Waals surface area contributed by atoms with Crippen LogP contribution < -0.4 is 5.32 Å². The van der Waals surface area contributed by atoms with Crippen LogP contribution in [0.3, 0.4) is 0 Å². The maximum Gasteiger partial charge on any atom is 0.134 e. The number of rotatable bonds is 2. The van der Waals surface area contributed by atoms with Crippen LogP contribution in [0.5, 0.6) is 0 Å². The third-order valence-electron chi connectivity index (χ3n) is 2.25. The fourth-order valence-corrected chi connectivity index (χ4v) is 1.54. The first-order valence-electron chi connectivity index (χ1n) is 4.43. The Morgan fingerprint density at radius 3 is 2.77 bits per heavy atom. The topological polar surface area (TPSA) is 37.8 Å². The van der Waals surface area contributed by atoms with Crippen molar-refractivity contribution in [3.63, 3.8) is 0 Å². The Kier molecular flexibility index (Phi) is 2.12. The second-order valence-electron chi connectivity index (χ2n) is 3.59. The summed E-state index contributed by atoms with van der Waals surface area (Å²) in [7, 11) is 0. The summed E-state index contributed by atoms with van der Waals surface area (Å²) in [5.74, 6) is 2.31. The second kappa shape index (κ2) is 3.14. The van der Waals surface area contributed by atoms with Gasteiger partial charge in [-0.25, -0.2) is 9.97 Å². The third-order valence-corrected chi connectivity index (χ3v) is 2.44. The van der Waals surface area contributed by atoms with Crippen molar-refractivity contribution in [3.8, 4) is 0 Å². The van der Waals surface area contributed by atoms with E-state index < -0.39 is 0 Å². The lowest BCUT2D eigenvalue weighted by Gasteiger charge is -2.04. The van der Waals surface area contributed by atoms with Crippen molar-refractivity contribution in [2.75, 3.05) is 5.32 Å². The van der Waals surface area contributed by atoms with E-state index in [-0.39, 0.29) is 0 Å². The number of hydrogen-bond acceptors (Lipinski definition) is 3. The number of aromatic nitrogens is 2. The molecule has 70 valence electrons. The standard InChI is InChI=1S/C9H12ClN3/c1-5-3-7(5)13-9-4-8(10)11-6(2)12-9/h4-5,7H,3H2,1-2H3,(H,11,12,13)/t5-,7-/m1/s1. The van der Waals surface area contributed by atoms with E-state index in [1.54, 1.807) is 6.07 Å². The van der Waals surface area contributed by atoms with Gasteiger partial charge in [-0.05, 0) is 19.3 Å². The summed E-state index contributed by atoms with van der Waals surface area (Å²) in [6.07, 6.45) is 1.22. The van der Waals surface area contributed by atoms with Crippen molar-refractivity contribution in [2.45, 2.75) is 26.3 Å². The van der Waals surface area contributed by atoms with Crippen LogP contribution in [0, 0.1) is 12.8 Å². The molecule has 1 heterocycles. The number of hydrogen-bond donors (Lipinski definition) is 1. The van der Waals surface area contributed by atoms with E-state index in [0.717, 1.165) is 11.7 Å². The molecule has 1 aliphatic carbocycles. The Hall–Kier alpha value is -0.830. The van der Waals surface area contributed by atoms with Gasteiger partial charge in [0.25, 0.3) is 0 Å². The summed E-state index contributed by atoms with van der Waals surface area (Å²) in [6.45, 7) is 4.06. The number of nitrogens with zero attached hydrogens (tertiary/aromatic N) is 2. The van der Waals surface area contributed by atoms with Gasteiger partial charge >= 0.3 is 0 Å². The molecule has 1 saturated carbocycles. The van der Waals surface area contributed by atoms with Gasteiger partial charge in [-0.2, -0.15) is 0 Å². The molecule has 0 spiro atoms. The molecule has 0 unspecified atom stereocenters. The largest absolute Gasteiger partial charge is 0.367 e. The first-order chi connectivity index (χ1) is 6.15. The molecule has 2 atom stereocenters. The lowest BCUT2D eigenvalue weighted by molar-refractivity contribution is 0.917. The molecule has 4 heteroatoms. The maximum absolute atomic E-state index is 5.80. The van der Waals surface area contributed by atoms with Gasteiger partial charge in [-0.15, -0.1) is 0 Å². The minimum absolute atomic E-state index is 0.503. The predicted octanol–water partition coefficient (Wildman–Crippen LogP) is 2.26. The minimum Gasteiger partial charge on any atom is -0.367 e. The van der Waals surface area contributed by atoms with Crippen LogP contribution in [0.1, 0.15) is 19.2 Å². The van der Waals surface area contributed by atoms with Crippen molar-refractivity contribution in [2.24, 2.45) is 5.92 Å². The van der Waals surface area contributed by atoms with Crippen LogP contribution in [0.25, 0.3) is 0 Å². The van der Waals surface area contributed by atoms with Crippen LogP contribution in [-0.4, -0.2) is 16.0 Å². The van der Waals surface area contributed by atoms with Crippen molar-refractivity contribution in [1.82, 2.24) is 9.97 Å². The van der Waals surface area contributed by atoms with Crippen LogP contribution in [0.4, 0.5) is 5.82 Å². The summed E-state index contributed by atoms with van der Waals surface area (Å²) in [5.41, 5.74) is 0. The first kappa shape index (κ1) is 8.75. The molecule has 0 aromatic carbocycles. The molecule has 2 rings (SSSR count). The molecule has 3 nitrogen and oxygen atoms in total. The quantitative estimate of drug-likeness (QED) is 0.740. The molecule has 1 aromatic rings. The van der Waals surface area contributed by atoms with Gasteiger partial charge in [0.2, 0.25) is 0 Å². The lowest BCUT2D eigenvalue weighted by Crippen LogP contribution is -2.06. The number of aryl methyl sites for hydroxylation is 1. The average molecular weight is 198 g/mol. The highest BCUT2D eigenvalue weighted by Gasteiger charge is 2.32. The van der Waals surface area contributed by atoms with E-state index in [9.17, 15) is 0 Å². The molecule has 0 radical (unpaired) electrons. The molecule has 1 aromatic heterocycles. The highest BCUT2D eigenvalue weighted by atomic mass is 35.5. The molecule has 0 aliphatic heterocycles. The Morgan fingerprint density at radius 2 is 2.23 bits per heavy atom. The van der Waals surface area contributed by atoms with Crippen molar-refractivity contribution < 1.29 is 0 Å². The van der Waals surface area contributed by atoms with Crippen LogP contribution in [-0.2, 0) is 0 Å². The average Bonchev–Trinajstić information content (AvgIpc) is 2.63. The zero-order valence-electron chi connectivity index (χ0n) is 7.71. The van der Waals surface area contributed by atoms with Crippen LogP contribution in [0.2, 0.25) is 5.15 Å². The fraction of sp³-hybridized carbons (Fsp3) is 0.556. The molecule has 1 aliphatic rings. The van der Waals surface area contributed by atoms with Gasteiger partial charge in [0.1, 0.15) is 16.8 Å². The van der Waals surface area contributed by atoms with E-state index in [0.29, 0.717) is 17.0 Å². The highest BCUT2D eigenvalue weighted by Crippen LogP contribution is 2.32. The summed E-state index contributed by atoms with van der Waals surface area (Å²) in [4.78, 5) is 8.24. The Bertz CT molecular complexity index is 306. The van der Waals surface area contributed by atoms with Gasteiger partial charge in [0, 0.05) is 12.1 Å². The van der Waals surface area contributed by atoms with Crippen molar-refractivity contribution in [1.29, 1.82) is 0 Å². The predicted molar refractivity (Wildman–Crippen MR) is 53.0 cm³/mol. The smallest absolute Gasteiger partial charge is 0.134 e. The van der Waals surface area contributed by atoms with Gasteiger partial charge in [-0.1, -0.05) is 18.5 Å². The Labute approximate surface area is 82.5 Å². The zero-order valence-corrected chi connectivity index (χ0v) is 8.47. The molecule has 0 saturated heterocycles. The van der Waals surface area contributed by atoms with Gasteiger partial charge in [-0.3, -0.25) is 0 Å². The molecule has 0 bridgehead atoms. The van der Waals surface area contributed by atoms with E-state index in [2.05, 4.69) is 22.2 Å².